The fraction of sp³-hybridized carbons (Fsp3) is 0.364. The fourth-order valence-corrected chi connectivity index (χ4v) is 3.76. The number of nitrogens with one attached hydrogen (secondary N) is 1. The first-order valence-electron chi connectivity index (χ1n) is 9.68. The summed E-state index contributed by atoms with van der Waals surface area (Å²) in [5, 5.41) is 7.71. The minimum absolute atomic E-state index is 0.211. The molecule has 1 atom stereocenters. The summed E-state index contributed by atoms with van der Waals surface area (Å²) in [4.78, 5) is 7.03. The fourth-order valence-electron chi connectivity index (χ4n) is 3.76. The summed E-state index contributed by atoms with van der Waals surface area (Å²) < 4.78 is 11.1. The summed E-state index contributed by atoms with van der Waals surface area (Å²) in [7, 11) is 1.72. The average Bonchev–Trinajstić information content (AvgIpc) is 3.17. The Labute approximate surface area is 165 Å². The predicted molar refractivity (Wildman–Crippen MR) is 107 cm³/mol. The van der Waals surface area contributed by atoms with Crippen molar-refractivity contribution in [1.82, 2.24) is 20.4 Å². The largest absolute Gasteiger partial charge is 0.496 e. The molecule has 6 heteroatoms. The van der Waals surface area contributed by atoms with E-state index in [-0.39, 0.29) is 6.04 Å². The Kier molecular flexibility index (Phi) is 5.69. The maximum Gasteiger partial charge on any atom is 0.231 e. The number of para-hydroxylation sites is 1. The molecule has 3 aromatic rings. The normalized spacial score (nSPS) is 17.6. The second kappa shape index (κ2) is 8.54. The summed E-state index contributed by atoms with van der Waals surface area (Å²) in [6.45, 7) is 5.49. The molecule has 1 aliphatic rings. The molecule has 146 valence electrons. The highest BCUT2D eigenvalue weighted by Gasteiger charge is 2.27. The van der Waals surface area contributed by atoms with Gasteiger partial charge < -0.3 is 14.6 Å². The summed E-state index contributed by atoms with van der Waals surface area (Å²) in [6, 6.07) is 16.7. The number of piperazine rings is 1. The van der Waals surface area contributed by atoms with Gasteiger partial charge in [-0.2, -0.15) is 4.98 Å². The van der Waals surface area contributed by atoms with Crippen molar-refractivity contribution < 1.29 is 9.26 Å². The SMILES string of the molecule is COc1ccccc1C1CNCCN1Cc1noc(Cc2ccccc2C)n1. The van der Waals surface area contributed by atoms with Crippen LogP contribution in [-0.2, 0) is 13.0 Å². The molecule has 2 aromatic carbocycles. The highest BCUT2D eigenvalue weighted by atomic mass is 16.5. The third-order valence-corrected chi connectivity index (χ3v) is 5.31. The van der Waals surface area contributed by atoms with Gasteiger partial charge in [-0.3, -0.25) is 4.90 Å². The van der Waals surface area contributed by atoms with Gasteiger partial charge in [0.15, 0.2) is 5.82 Å². The summed E-state index contributed by atoms with van der Waals surface area (Å²) in [5.41, 5.74) is 3.63. The van der Waals surface area contributed by atoms with Crippen molar-refractivity contribution in [3.8, 4) is 5.75 Å². The van der Waals surface area contributed by atoms with Gasteiger partial charge in [0.25, 0.3) is 0 Å². The Morgan fingerprint density at radius 2 is 2.00 bits per heavy atom. The predicted octanol–water partition coefficient (Wildman–Crippen LogP) is 3.12. The van der Waals surface area contributed by atoms with Crippen LogP contribution in [0.4, 0.5) is 0 Å². The Balaban J connectivity index is 1.50. The Morgan fingerprint density at radius 3 is 2.86 bits per heavy atom. The molecule has 2 heterocycles. The number of hydrogen-bond donors (Lipinski definition) is 1. The van der Waals surface area contributed by atoms with Crippen molar-refractivity contribution in [1.29, 1.82) is 0 Å². The first-order valence-corrected chi connectivity index (χ1v) is 9.68. The lowest BCUT2D eigenvalue weighted by atomic mass is 10.0. The third-order valence-electron chi connectivity index (χ3n) is 5.31. The molecule has 1 unspecified atom stereocenters. The first-order chi connectivity index (χ1) is 13.7. The van der Waals surface area contributed by atoms with E-state index in [2.05, 4.69) is 51.5 Å². The quantitative estimate of drug-likeness (QED) is 0.711. The Morgan fingerprint density at radius 1 is 1.18 bits per heavy atom. The van der Waals surface area contributed by atoms with Crippen LogP contribution < -0.4 is 10.1 Å². The molecule has 6 nitrogen and oxygen atoms in total. The van der Waals surface area contributed by atoms with Gasteiger partial charge >= 0.3 is 0 Å². The molecule has 1 saturated heterocycles. The first kappa shape index (κ1) is 18.7. The number of aryl methyl sites for hydroxylation is 1. The number of benzene rings is 2. The smallest absolute Gasteiger partial charge is 0.231 e. The van der Waals surface area contributed by atoms with E-state index >= 15 is 0 Å². The van der Waals surface area contributed by atoms with E-state index in [0.29, 0.717) is 18.9 Å². The molecule has 4 rings (SSSR count). The molecule has 0 spiro atoms. The minimum atomic E-state index is 0.211. The van der Waals surface area contributed by atoms with Gasteiger partial charge in [-0.25, -0.2) is 0 Å². The van der Waals surface area contributed by atoms with E-state index in [1.54, 1.807) is 7.11 Å². The van der Waals surface area contributed by atoms with Crippen LogP contribution in [0.5, 0.6) is 5.75 Å². The van der Waals surface area contributed by atoms with E-state index in [1.807, 2.05) is 24.3 Å². The lowest BCUT2D eigenvalue weighted by Crippen LogP contribution is -2.45. The summed E-state index contributed by atoms with van der Waals surface area (Å²) in [6.07, 6.45) is 0.664. The average molecular weight is 378 g/mol. The molecule has 28 heavy (non-hydrogen) atoms. The second-order valence-corrected chi connectivity index (χ2v) is 7.14. The standard InChI is InChI=1S/C22H26N4O2/c1-16-7-3-4-8-17(16)13-22-24-21(25-28-22)15-26-12-11-23-14-19(26)18-9-5-6-10-20(18)27-2/h3-10,19,23H,11-15H2,1-2H3. The maximum absolute atomic E-state index is 5.57. The molecule has 1 aliphatic heterocycles. The van der Waals surface area contributed by atoms with Gasteiger partial charge in [0.1, 0.15) is 5.75 Å². The number of methoxy groups -OCH3 is 1. The highest BCUT2D eigenvalue weighted by molar-refractivity contribution is 5.36. The van der Waals surface area contributed by atoms with Crippen molar-refractivity contribution in [2.24, 2.45) is 0 Å². The van der Waals surface area contributed by atoms with Crippen LogP contribution in [0.15, 0.2) is 53.1 Å². The van der Waals surface area contributed by atoms with E-state index in [1.165, 1.54) is 16.7 Å². The number of hydrogen-bond acceptors (Lipinski definition) is 6. The van der Waals surface area contributed by atoms with E-state index in [0.717, 1.165) is 31.2 Å². The van der Waals surface area contributed by atoms with E-state index in [9.17, 15) is 0 Å². The molecule has 0 bridgehead atoms. The Bertz CT molecular complexity index is 924. The van der Waals surface area contributed by atoms with Crippen LogP contribution in [0.1, 0.15) is 34.4 Å². The second-order valence-electron chi connectivity index (χ2n) is 7.14. The number of aromatic nitrogens is 2. The summed E-state index contributed by atoms with van der Waals surface area (Å²) in [5.74, 6) is 2.30. The van der Waals surface area contributed by atoms with Crippen LogP contribution >= 0.6 is 0 Å². The van der Waals surface area contributed by atoms with Crippen molar-refractivity contribution in [2.75, 3.05) is 26.7 Å². The molecule has 1 aromatic heterocycles. The van der Waals surface area contributed by atoms with Crippen LogP contribution in [0.2, 0.25) is 0 Å². The van der Waals surface area contributed by atoms with Crippen molar-refractivity contribution in [2.45, 2.75) is 25.9 Å². The van der Waals surface area contributed by atoms with Crippen molar-refractivity contribution >= 4 is 0 Å². The van der Waals surface area contributed by atoms with Gasteiger partial charge in [-0.05, 0) is 24.1 Å². The topological polar surface area (TPSA) is 63.4 Å². The summed E-state index contributed by atoms with van der Waals surface area (Å²) >= 11 is 0. The zero-order chi connectivity index (χ0) is 19.3. The van der Waals surface area contributed by atoms with Gasteiger partial charge in [0.05, 0.1) is 26.1 Å². The number of nitrogens with zero attached hydrogens (tertiary/aromatic N) is 3. The lowest BCUT2D eigenvalue weighted by Gasteiger charge is -2.36. The van der Waals surface area contributed by atoms with Crippen LogP contribution in [0.3, 0.4) is 0 Å². The molecular weight excluding hydrogens is 352 g/mol. The van der Waals surface area contributed by atoms with Crippen LogP contribution in [0.25, 0.3) is 0 Å². The molecule has 0 saturated carbocycles. The molecule has 1 N–H and O–H groups in total. The van der Waals surface area contributed by atoms with Crippen LogP contribution in [-0.4, -0.2) is 41.8 Å². The number of ether oxygens (including phenoxy) is 1. The van der Waals surface area contributed by atoms with E-state index in [4.69, 9.17) is 9.26 Å². The van der Waals surface area contributed by atoms with Crippen molar-refractivity contribution in [3.05, 3.63) is 76.9 Å². The Hall–Kier alpha value is -2.70. The molecular formula is C22H26N4O2. The monoisotopic (exact) mass is 378 g/mol. The van der Waals surface area contributed by atoms with Gasteiger partial charge in [-0.1, -0.05) is 47.6 Å². The lowest BCUT2D eigenvalue weighted by molar-refractivity contribution is 0.146. The molecule has 1 fully saturated rings. The van der Waals surface area contributed by atoms with Gasteiger partial charge in [0.2, 0.25) is 5.89 Å². The van der Waals surface area contributed by atoms with Crippen LogP contribution in [0, 0.1) is 6.92 Å². The molecule has 0 amide bonds. The molecule has 0 aliphatic carbocycles. The van der Waals surface area contributed by atoms with Gasteiger partial charge in [0, 0.05) is 25.2 Å². The minimum Gasteiger partial charge on any atom is -0.496 e. The zero-order valence-corrected chi connectivity index (χ0v) is 16.4. The maximum atomic E-state index is 5.57. The van der Waals surface area contributed by atoms with Gasteiger partial charge in [-0.15, -0.1) is 0 Å². The highest BCUT2D eigenvalue weighted by Crippen LogP contribution is 2.30. The number of rotatable bonds is 6. The van der Waals surface area contributed by atoms with Crippen molar-refractivity contribution in [3.63, 3.8) is 0 Å². The van der Waals surface area contributed by atoms with E-state index < -0.39 is 0 Å². The third kappa shape index (κ3) is 4.08. The zero-order valence-electron chi connectivity index (χ0n) is 16.4. The molecule has 0 radical (unpaired) electrons.